The second-order valence-electron chi connectivity index (χ2n) is 6.24. The predicted molar refractivity (Wildman–Crippen MR) is 73.5 cm³/mol. The molecule has 0 aromatic carbocycles. The highest BCUT2D eigenvalue weighted by molar-refractivity contribution is 4.93. The van der Waals surface area contributed by atoms with E-state index in [1.54, 1.807) is 0 Å². The van der Waals surface area contributed by atoms with E-state index in [2.05, 4.69) is 28.0 Å². The SMILES string of the molecule is CC1CCC(NC2CCCC2n2ccnc2)CC1. The molecule has 3 heteroatoms. The molecule has 0 bridgehead atoms. The van der Waals surface area contributed by atoms with E-state index in [9.17, 15) is 0 Å². The van der Waals surface area contributed by atoms with Crippen molar-refractivity contribution in [3.63, 3.8) is 0 Å². The van der Waals surface area contributed by atoms with Gasteiger partial charge < -0.3 is 9.88 Å². The summed E-state index contributed by atoms with van der Waals surface area (Å²) in [7, 11) is 0. The Hall–Kier alpha value is -0.830. The van der Waals surface area contributed by atoms with Gasteiger partial charge in [-0.3, -0.25) is 0 Å². The molecule has 1 heterocycles. The van der Waals surface area contributed by atoms with E-state index in [0.717, 1.165) is 12.0 Å². The van der Waals surface area contributed by atoms with E-state index in [1.165, 1.54) is 44.9 Å². The minimum absolute atomic E-state index is 0.631. The van der Waals surface area contributed by atoms with Gasteiger partial charge in [0.2, 0.25) is 0 Å². The van der Waals surface area contributed by atoms with E-state index in [0.29, 0.717) is 12.1 Å². The van der Waals surface area contributed by atoms with Crippen LogP contribution in [0.5, 0.6) is 0 Å². The van der Waals surface area contributed by atoms with Crippen molar-refractivity contribution in [3.8, 4) is 0 Å². The van der Waals surface area contributed by atoms with Crippen LogP contribution in [0.15, 0.2) is 18.7 Å². The predicted octanol–water partition coefficient (Wildman–Crippen LogP) is 3.15. The van der Waals surface area contributed by atoms with Crippen molar-refractivity contribution in [1.82, 2.24) is 14.9 Å². The molecular formula is C15H25N3. The summed E-state index contributed by atoms with van der Waals surface area (Å²) >= 11 is 0. The Bertz CT molecular complexity index is 352. The summed E-state index contributed by atoms with van der Waals surface area (Å²) in [6.45, 7) is 2.39. The largest absolute Gasteiger partial charge is 0.333 e. The van der Waals surface area contributed by atoms with Crippen molar-refractivity contribution in [2.24, 2.45) is 5.92 Å². The number of nitrogens with one attached hydrogen (secondary N) is 1. The van der Waals surface area contributed by atoms with Crippen molar-refractivity contribution >= 4 is 0 Å². The maximum Gasteiger partial charge on any atom is 0.0949 e. The molecule has 100 valence electrons. The van der Waals surface area contributed by atoms with Crippen LogP contribution in [0, 0.1) is 5.92 Å². The molecule has 2 unspecified atom stereocenters. The molecule has 2 fully saturated rings. The van der Waals surface area contributed by atoms with Gasteiger partial charge in [0.25, 0.3) is 0 Å². The van der Waals surface area contributed by atoms with Crippen molar-refractivity contribution in [3.05, 3.63) is 18.7 Å². The number of imidazole rings is 1. The lowest BCUT2D eigenvalue weighted by molar-refractivity contribution is 0.265. The highest BCUT2D eigenvalue weighted by Crippen LogP contribution is 2.32. The quantitative estimate of drug-likeness (QED) is 0.889. The van der Waals surface area contributed by atoms with Crippen LogP contribution in [-0.4, -0.2) is 21.6 Å². The van der Waals surface area contributed by atoms with E-state index >= 15 is 0 Å². The monoisotopic (exact) mass is 247 g/mol. The molecule has 0 saturated heterocycles. The van der Waals surface area contributed by atoms with Crippen LogP contribution in [-0.2, 0) is 0 Å². The third-order valence-electron chi connectivity index (χ3n) is 4.85. The van der Waals surface area contributed by atoms with Gasteiger partial charge in [-0.15, -0.1) is 0 Å². The second kappa shape index (κ2) is 5.43. The fourth-order valence-electron chi connectivity index (χ4n) is 3.69. The maximum absolute atomic E-state index is 4.19. The summed E-state index contributed by atoms with van der Waals surface area (Å²) in [5.41, 5.74) is 0. The molecule has 0 spiro atoms. The minimum Gasteiger partial charge on any atom is -0.333 e. The van der Waals surface area contributed by atoms with E-state index in [-0.39, 0.29) is 0 Å². The summed E-state index contributed by atoms with van der Waals surface area (Å²) in [6.07, 6.45) is 15.5. The molecule has 0 radical (unpaired) electrons. The van der Waals surface area contributed by atoms with Crippen molar-refractivity contribution in [2.45, 2.75) is 70.0 Å². The summed E-state index contributed by atoms with van der Waals surface area (Å²) in [4.78, 5) is 4.19. The Balaban J connectivity index is 1.58. The molecule has 3 rings (SSSR count). The number of nitrogens with zero attached hydrogens (tertiary/aromatic N) is 2. The third kappa shape index (κ3) is 2.61. The molecule has 2 aliphatic carbocycles. The molecule has 2 atom stereocenters. The first-order valence-corrected chi connectivity index (χ1v) is 7.56. The zero-order valence-electron chi connectivity index (χ0n) is 11.4. The lowest BCUT2D eigenvalue weighted by Gasteiger charge is -2.32. The molecule has 1 aromatic rings. The van der Waals surface area contributed by atoms with Crippen LogP contribution in [0.3, 0.4) is 0 Å². The molecule has 2 saturated carbocycles. The fraction of sp³-hybridized carbons (Fsp3) is 0.800. The summed E-state index contributed by atoms with van der Waals surface area (Å²) in [6, 6.07) is 2.06. The van der Waals surface area contributed by atoms with Gasteiger partial charge in [-0.25, -0.2) is 4.98 Å². The summed E-state index contributed by atoms with van der Waals surface area (Å²) in [5.74, 6) is 0.941. The topological polar surface area (TPSA) is 29.9 Å². The normalized spacial score (nSPS) is 36.9. The third-order valence-corrected chi connectivity index (χ3v) is 4.85. The van der Waals surface area contributed by atoms with Crippen molar-refractivity contribution in [2.75, 3.05) is 0 Å². The Morgan fingerprint density at radius 3 is 2.67 bits per heavy atom. The van der Waals surface area contributed by atoms with Crippen LogP contribution in [0.1, 0.15) is 57.9 Å². The van der Waals surface area contributed by atoms with E-state index < -0.39 is 0 Å². The highest BCUT2D eigenvalue weighted by atomic mass is 15.1. The van der Waals surface area contributed by atoms with Gasteiger partial charge in [0.05, 0.1) is 6.33 Å². The summed E-state index contributed by atoms with van der Waals surface area (Å²) < 4.78 is 2.30. The molecule has 1 N–H and O–H groups in total. The van der Waals surface area contributed by atoms with Gasteiger partial charge in [0.1, 0.15) is 0 Å². The van der Waals surface area contributed by atoms with E-state index in [1.807, 2.05) is 12.5 Å². The number of hydrogen-bond donors (Lipinski definition) is 1. The van der Waals surface area contributed by atoms with Crippen LogP contribution >= 0.6 is 0 Å². The van der Waals surface area contributed by atoms with Gasteiger partial charge >= 0.3 is 0 Å². The molecule has 1 aromatic heterocycles. The Morgan fingerprint density at radius 1 is 1.11 bits per heavy atom. The van der Waals surface area contributed by atoms with Crippen LogP contribution < -0.4 is 5.32 Å². The Labute approximate surface area is 110 Å². The zero-order chi connectivity index (χ0) is 12.4. The van der Waals surface area contributed by atoms with Gasteiger partial charge in [-0.05, 0) is 50.9 Å². The first kappa shape index (κ1) is 12.2. The first-order valence-electron chi connectivity index (χ1n) is 7.56. The molecule has 18 heavy (non-hydrogen) atoms. The van der Waals surface area contributed by atoms with Gasteiger partial charge in [-0.1, -0.05) is 6.92 Å². The van der Waals surface area contributed by atoms with Gasteiger partial charge in [0.15, 0.2) is 0 Å². The zero-order valence-corrected chi connectivity index (χ0v) is 11.4. The second-order valence-corrected chi connectivity index (χ2v) is 6.24. The van der Waals surface area contributed by atoms with Gasteiger partial charge in [0, 0.05) is 30.5 Å². The Morgan fingerprint density at radius 2 is 1.94 bits per heavy atom. The van der Waals surface area contributed by atoms with Crippen LogP contribution in [0.4, 0.5) is 0 Å². The van der Waals surface area contributed by atoms with E-state index in [4.69, 9.17) is 0 Å². The van der Waals surface area contributed by atoms with Crippen LogP contribution in [0.25, 0.3) is 0 Å². The number of rotatable bonds is 3. The highest BCUT2D eigenvalue weighted by Gasteiger charge is 2.30. The minimum atomic E-state index is 0.631. The number of hydrogen-bond acceptors (Lipinski definition) is 2. The first-order chi connectivity index (χ1) is 8.83. The molecular weight excluding hydrogens is 222 g/mol. The molecule has 3 nitrogen and oxygen atoms in total. The summed E-state index contributed by atoms with van der Waals surface area (Å²) in [5, 5.41) is 3.93. The average molecular weight is 247 g/mol. The Kier molecular flexibility index (Phi) is 3.69. The molecule has 0 amide bonds. The average Bonchev–Trinajstić information content (AvgIpc) is 3.02. The standard InChI is InChI=1S/C15H25N3/c1-12-5-7-13(8-6-12)17-14-3-2-4-15(14)18-10-9-16-11-18/h9-15,17H,2-8H2,1H3. The lowest BCUT2D eigenvalue weighted by atomic mass is 9.87. The smallest absolute Gasteiger partial charge is 0.0949 e. The van der Waals surface area contributed by atoms with Crippen molar-refractivity contribution < 1.29 is 0 Å². The molecule has 2 aliphatic rings. The lowest BCUT2D eigenvalue weighted by Crippen LogP contribution is -2.42. The fourth-order valence-corrected chi connectivity index (χ4v) is 3.69. The number of aromatic nitrogens is 2. The van der Waals surface area contributed by atoms with Crippen LogP contribution in [0.2, 0.25) is 0 Å². The molecule has 0 aliphatic heterocycles. The maximum atomic E-state index is 4.19. The van der Waals surface area contributed by atoms with Crippen molar-refractivity contribution in [1.29, 1.82) is 0 Å². The van der Waals surface area contributed by atoms with Gasteiger partial charge in [-0.2, -0.15) is 0 Å².